The van der Waals surface area contributed by atoms with E-state index in [0.717, 1.165) is 17.9 Å². The Bertz CT molecular complexity index is 1300. The molecule has 4 heteroatoms. The van der Waals surface area contributed by atoms with Crippen molar-refractivity contribution in [1.82, 2.24) is 9.55 Å². The van der Waals surface area contributed by atoms with Crippen LogP contribution in [0.3, 0.4) is 0 Å². The highest BCUT2D eigenvalue weighted by atomic mass is 32.1. The Labute approximate surface area is 201 Å². The predicted molar refractivity (Wildman–Crippen MR) is 142 cm³/mol. The van der Waals surface area contributed by atoms with Gasteiger partial charge in [-0.1, -0.05) is 70.5 Å². The first-order valence-electron chi connectivity index (χ1n) is 12.3. The van der Waals surface area contributed by atoms with Gasteiger partial charge in [-0.2, -0.15) is 0 Å². The second-order valence-electron chi connectivity index (χ2n) is 9.98. The fourth-order valence-corrected chi connectivity index (χ4v) is 6.78. The van der Waals surface area contributed by atoms with E-state index in [2.05, 4.69) is 100 Å². The summed E-state index contributed by atoms with van der Waals surface area (Å²) in [5.74, 6) is 2.77. The van der Waals surface area contributed by atoms with Crippen molar-refractivity contribution < 1.29 is 0 Å². The minimum atomic E-state index is 0.197. The highest BCUT2D eigenvalue weighted by Gasteiger charge is 2.32. The standard InChI is InChI=1S/C29H35N3S/c1-7-20-15-24(30-28-21(17(2)3)12-10-13-22(28)18(20)4)29-31-25(16-32(29)6)27-19(5)33-26-14-9-8-11-23(26)27/h8-14,16-18,20,24,30H,7,15H2,1-6H3. The van der Waals surface area contributed by atoms with Gasteiger partial charge in [0.25, 0.3) is 0 Å². The number of para-hydroxylation sites is 1. The quantitative estimate of drug-likeness (QED) is 0.333. The molecule has 3 unspecified atom stereocenters. The number of fused-ring (bicyclic) bond motifs is 2. The number of nitrogens with one attached hydrogen (secondary N) is 1. The van der Waals surface area contributed by atoms with Crippen molar-refractivity contribution >= 4 is 27.1 Å². The molecule has 2 aromatic heterocycles. The molecule has 3 atom stereocenters. The van der Waals surface area contributed by atoms with E-state index in [-0.39, 0.29) is 6.04 Å². The van der Waals surface area contributed by atoms with Crippen LogP contribution in [0, 0.1) is 12.8 Å². The zero-order valence-electron chi connectivity index (χ0n) is 20.6. The number of rotatable bonds is 4. The third kappa shape index (κ3) is 3.78. The molecule has 172 valence electrons. The molecule has 0 saturated carbocycles. The first-order valence-corrected chi connectivity index (χ1v) is 13.1. The van der Waals surface area contributed by atoms with Crippen LogP contribution < -0.4 is 5.32 Å². The molecule has 0 spiro atoms. The minimum absolute atomic E-state index is 0.197. The van der Waals surface area contributed by atoms with Crippen molar-refractivity contribution in [2.45, 2.75) is 65.3 Å². The van der Waals surface area contributed by atoms with Crippen molar-refractivity contribution in [3.63, 3.8) is 0 Å². The molecule has 1 aliphatic heterocycles. The average Bonchev–Trinajstić information content (AvgIpc) is 3.29. The van der Waals surface area contributed by atoms with Gasteiger partial charge in [-0.15, -0.1) is 11.3 Å². The molecule has 4 aromatic rings. The summed E-state index contributed by atoms with van der Waals surface area (Å²) in [7, 11) is 2.15. The zero-order valence-corrected chi connectivity index (χ0v) is 21.5. The maximum absolute atomic E-state index is 5.28. The lowest BCUT2D eigenvalue weighted by Crippen LogP contribution is -2.18. The number of nitrogens with zero attached hydrogens (tertiary/aromatic N) is 2. The van der Waals surface area contributed by atoms with Crippen LogP contribution in [0.2, 0.25) is 0 Å². The molecule has 0 amide bonds. The van der Waals surface area contributed by atoms with E-state index < -0.39 is 0 Å². The third-order valence-corrected chi connectivity index (χ3v) is 8.67. The van der Waals surface area contributed by atoms with E-state index in [1.807, 2.05) is 11.3 Å². The Morgan fingerprint density at radius 1 is 1.15 bits per heavy atom. The topological polar surface area (TPSA) is 29.9 Å². The van der Waals surface area contributed by atoms with E-state index in [0.29, 0.717) is 17.8 Å². The van der Waals surface area contributed by atoms with Gasteiger partial charge in [0.15, 0.2) is 0 Å². The van der Waals surface area contributed by atoms with Gasteiger partial charge >= 0.3 is 0 Å². The minimum Gasteiger partial charge on any atom is -0.375 e. The van der Waals surface area contributed by atoms with Crippen LogP contribution in [0.1, 0.15) is 80.2 Å². The molecule has 0 bridgehead atoms. The largest absolute Gasteiger partial charge is 0.375 e. The number of hydrogen-bond donors (Lipinski definition) is 1. The molecule has 2 aromatic carbocycles. The first-order chi connectivity index (χ1) is 15.9. The fraction of sp³-hybridized carbons (Fsp3) is 0.414. The van der Waals surface area contributed by atoms with Crippen LogP contribution in [-0.2, 0) is 7.05 Å². The molecular weight excluding hydrogens is 422 g/mol. The first kappa shape index (κ1) is 22.2. The molecular formula is C29H35N3S. The van der Waals surface area contributed by atoms with Crippen LogP contribution in [0.5, 0.6) is 0 Å². The number of anilines is 1. The molecule has 0 fully saturated rings. The predicted octanol–water partition coefficient (Wildman–Crippen LogP) is 8.42. The number of thiophene rings is 1. The average molecular weight is 458 g/mol. The summed E-state index contributed by atoms with van der Waals surface area (Å²) in [6, 6.07) is 15.7. The van der Waals surface area contributed by atoms with Crippen LogP contribution in [0.15, 0.2) is 48.7 Å². The smallest absolute Gasteiger partial charge is 0.131 e. The summed E-state index contributed by atoms with van der Waals surface area (Å²) in [6.07, 6.45) is 4.50. The van der Waals surface area contributed by atoms with Gasteiger partial charge in [0, 0.05) is 39.5 Å². The number of imidazole rings is 1. The van der Waals surface area contributed by atoms with Crippen molar-refractivity contribution in [3.8, 4) is 11.3 Å². The van der Waals surface area contributed by atoms with Gasteiger partial charge in [-0.25, -0.2) is 4.98 Å². The summed E-state index contributed by atoms with van der Waals surface area (Å²) < 4.78 is 3.58. The van der Waals surface area contributed by atoms with E-state index in [1.54, 1.807) is 0 Å². The van der Waals surface area contributed by atoms with E-state index in [4.69, 9.17) is 4.98 Å². The molecule has 33 heavy (non-hydrogen) atoms. The van der Waals surface area contributed by atoms with E-state index in [9.17, 15) is 0 Å². The molecule has 3 heterocycles. The number of hydrogen-bond acceptors (Lipinski definition) is 3. The second kappa shape index (κ2) is 8.64. The normalized spacial score (nSPS) is 20.6. The summed E-state index contributed by atoms with van der Waals surface area (Å²) in [4.78, 5) is 6.61. The SMILES string of the molecule is CCC1CC(c2nc(-c3c(C)sc4ccccc34)cn2C)Nc2c(C(C)C)cccc2C1C. The van der Waals surface area contributed by atoms with Gasteiger partial charge in [0.05, 0.1) is 11.7 Å². The number of aryl methyl sites for hydroxylation is 2. The van der Waals surface area contributed by atoms with Gasteiger partial charge < -0.3 is 9.88 Å². The summed E-state index contributed by atoms with van der Waals surface area (Å²) in [6.45, 7) is 11.6. The van der Waals surface area contributed by atoms with Crippen LogP contribution >= 0.6 is 11.3 Å². The number of benzene rings is 2. The summed E-state index contributed by atoms with van der Waals surface area (Å²) >= 11 is 1.86. The van der Waals surface area contributed by atoms with Crippen molar-refractivity contribution in [1.29, 1.82) is 0 Å². The highest BCUT2D eigenvalue weighted by Crippen LogP contribution is 2.45. The Hall–Kier alpha value is -2.59. The Morgan fingerprint density at radius 2 is 1.94 bits per heavy atom. The Kier molecular flexibility index (Phi) is 5.82. The van der Waals surface area contributed by atoms with Gasteiger partial charge in [0.1, 0.15) is 5.82 Å². The molecule has 1 aliphatic rings. The van der Waals surface area contributed by atoms with Gasteiger partial charge in [-0.3, -0.25) is 0 Å². The lowest BCUT2D eigenvalue weighted by molar-refractivity contribution is 0.382. The van der Waals surface area contributed by atoms with Crippen LogP contribution in [-0.4, -0.2) is 9.55 Å². The monoisotopic (exact) mass is 457 g/mol. The maximum Gasteiger partial charge on any atom is 0.131 e. The van der Waals surface area contributed by atoms with Crippen LogP contribution in [0.25, 0.3) is 21.3 Å². The lowest BCUT2D eigenvalue weighted by atomic mass is 9.82. The van der Waals surface area contributed by atoms with Crippen molar-refractivity contribution in [2.75, 3.05) is 5.32 Å². The summed E-state index contributed by atoms with van der Waals surface area (Å²) in [5, 5.41) is 5.30. The van der Waals surface area contributed by atoms with Crippen LogP contribution in [0.4, 0.5) is 5.69 Å². The molecule has 0 saturated heterocycles. The molecule has 1 N–H and O–H groups in total. The molecule has 0 radical (unpaired) electrons. The fourth-order valence-electron chi connectivity index (χ4n) is 5.71. The Balaban J connectivity index is 1.61. The zero-order chi connectivity index (χ0) is 23.3. The van der Waals surface area contributed by atoms with Gasteiger partial charge in [-0.05, 0) is 48.3 Å². The maximum atomic E-state index is 5.28. The van der Waals surface area contributed by atoms with E-state index >= 15 is 0 Å². The Morgan fingerprint density at radius 3 is 2.70 bits per heavy atom. The molecule has 3 nitrogen and oxygen atoms in total. The lowest BCUT2D eigenvalue weighted by Gasteiger charge is -2.23. The summed E-state index contributed by atoms with van der Waals surface area (Å²) in [5.41, 5.74) is 6.59. The highest BCUT2D eigenvalue weighted by molar-refractivity contribution is 7.19. The second-order valence-corrected chi connectivity index (χ2v) is 11.2. The molecule has 5 rings (SSSR count). The van der Waals surface area contributed by atoms with E-state index in [1.165, 1.54) is 43.8 Å². The third-order valence-electron chi connectivity index (χ3n) is 7.58. The van der Waals surface area contributed by atoms with Crippen molar-refractivity contribution in [2.24, 2.45) is 13.0 Å². The molecule has 0 aliphatic carbocycles. The number of aromatic nitrogens is 2. The van der Waals surface area contributed by atoms with Gasteiger partial charge in [0.2, 0.25) is 0 Å². The van der Waals surface area contributed by atoms with Crippen molar-refractivity contribution in [3.05, 3.63) is 70.5 Å².